The molecule has 0 radical (unpaired) electrons. The van der Waals surface area contributed by atoms with Crippen LogP contribution in [0.3, 0.4) is 0 Å². The Morgan fingerprint density at radius 3 is 2.47 bits per heavy atom. The highest BCUT2D eigenvalue weighted by molar-refractivity contribution is 5.97. The van der Waals surface area contributed by atoms with Gasteiger partial charge in [-0.05, 0) is 18.6 Å². The van der Waals surface area contributed by atoms with Crippen LogP contribution in [0.4, 0.5) is 0 Å². The summed E-state index contributed by atoms with van der Waals surface area (Å²) in [5, 5.41) is 1.06. The van der Waals surface area contributed by atoms with Gasteiger partial charge in [0.2, 0.25) is 6.79 Å². The molecule has 2 aromatic carbocycles. The zero-order valence-corrected chi connectivity index (χ0v) is 10.5. The second-order valence-corrected chi connectivity index (χ2v) is 4.60. The van der Waals surface area contributed by atoms with Gasteiger partial charge in [-0.2, -0.15) is 0 Å². The van der Waals surface area contributed by atoms with Crippen molar-refractivity contribution in [2.45, 2.75) is 6.92 Å². The van der Waals surface area contributed by atoms with E-state index in [0.717, 1.165) is 39.4 Å². The molecule has 0 spiro atoms. The van der Waals surface area contributed by atoms with Gasteiger partial charge >= 0.3 is 0 Å². The first-order valence-electron chi connectivity index (χ1n) is 6.21. The van der Waals surface area contributed by atoms with E-state index in [0.29, 0.717) is 0 Å². The molecule has 0 atom stereocenters. The van der Waals surface area contributed by atoms with Gasteiger partial charge in [0.25, 0.3) is 0 Å². The number of rotatable bonds is 1. The minimum Gasteiger partial charge on any atom is -0.461 e. The molecule has 4 rings (SSSR count). The Kier molecular flexibility index (Phi) is 2.09. The van der Waals surface area contributed by atoms with E-state index in [-0.39, 0.29) is 6.79 Å². The Hall–Kier alpha value is -2.42. The molecule has 3 aromatic rings. The van der Waals surface area contributed by atoms with Crippen molar-refractivity contribution >= 4 is 11.0 Å². The standard InChI is InChI=1S/C16H12O3/c1-10-16(11-5-3-2-4-6-11)12-7-14-15(18-9-17-14)8-13(12)19-10/h2-8H,9H2,1H3. The number of hydrogen-bond acceptors (Lipinski definition) is 3. The Balaban J connectivity index is 2.03. The second-order valence-electron chi connectivity index (χ2n) is 4.60. The van der Waals surface area contributed by atoms with E-state index in [2.05, 4.69) is 12.1 Å². The third kappa shape index (κ3) is 1.51. The summed E-state index contributed by atoms with van der Waals surface area (Å²) in [7, 11) is 0. The van der Waals surface area contributed by atoms with Crippen LogP contribution in [0.25, 0.3) is 22.1 Å². The van der Waals surface area contributed by atoms with E-state index in [1.807, 2.05) is 37.3 Å². The lowest BCUT2D eigenvalue weighted by Crippen LogP contribution is -1.92. The largest absolute Gasteiger partial charge is 0.461 e. The molecule has 0 unspecified atom stereocenters. The summed E-state index contributed by atoms with van der Waals surface area (Å²) in [6, 6.07) is 14.1. The Labute approximate surface area is 110 Å². The van der Waals surface area contributed by atoms with Crippen molar-refractivity contribution < 1.29 is 13.9 Å². The minimum absolute atomic E-state index is 0.279. The Morgan fingerprint density at radius 1 is 0.947 bits per heavy atom. The van der Waals surface area contributed by atoms with Crippen LogP contribution in [0, 0.1) is 6.92 Å². The molecule has 19 heavy (non-hydrogen) atoms. The number of benzene rings is 2. The molecule has 0 bridgehead atoms. The van der Waals surface area contributed by atoms with E-state index in [1.54, 1.807) is 0 Å². The molecular weight excluding hydrogens is 240 g/mol. The molecule has 0 aliphatic carbocycles. The summed E-state index contributed by atoms with van der Waals surface area (Å²) in [5.41, 5.74) is 3.10. The van der Waals surface area contributed by atoms with Crippen molar-refractivity contribution in [2.24, 2.45) is 0 Å². The molecule has 3 nitrogen and oxygen atoms in total. The van der Waals surface area contributed by atoms with Crippen LogP contribution < -0.4 is 9.47 Å². The van der Waals surface area contributed by atoms with Crippen LogP contribution >= 0.6 is 0 Å². The number of ether oxygens (including phenoxy) is 2. The van der Waals surface area contributed by atoms with E-state index in [4.69, 9.17) is 13.9 Å². The lowest BCUT2D eigenvalue weighted by Gasteiger charge is -2.00. The third-order valence-corrected chi connectivity index (χ3v) is 3.42. The maximum absolute atomic E-state index is 5.84. The topological polar surface area (TPSA) is 31.6 Å². The maximum atomic E-state index is 5.84. The van der Waals surface area contributed by atoms with Crippen LogP contribution in [0.5, 0.6) is 11.5 Å². The van der Waals surface area contributed by atoms with Gasteiger partial charge in [0.1, 0.15) is 11.3 Å². The summed E-state index contributed by atoms with van der Waals surface area (Å²) >= 11 is 0. The van der Waals surface area contributed by atoms with Crippen molar-refractivity contribution in [1.29, 1.82) is 0 Å². The average molecular weight is 252 g/mol. The molecule has 3 heteroatoms. The fourth-order valence-electron chi connectivity index (χ4n) is 2.57. The highest BCUT2D eigenvalue weighted by atomic mass is 16.7. The Bertz CT molecular complexity index is 757. The van der Waals surface area contributed by atoms with Gasteiger partial charge in [0, 0.05) is 17.0 Å². The molecule has 0 fully saturated rings. The van der Waals surface area contributed by atoms with E-state index >= 15 is 0 Å². The lowest BCUT2D eigenvalue weighted by molar-refractivity contribution is 0.174. The molecule has 0 saturated carbocycles. The minimum atomic E-state index is 0.279. The monoisotopic (exact) mass is 252 g/mol. The number of furan rings is 1. The SMILES string of the molecule is Cc1oc2cc3c(cc2c1-c1ccccc1)OCO3. The van der Waals surface area contributed by atoms with E-state index in [1.165, 1.54) is 0 Å². The highest BCUT2D eigenvalue weighted by Gasteiger charge is 2.20. The first kappa shape index (κ1) is 10.5. The van der Waals surface area contributed by atoms with Gasteiger partial charge in [0.05, 0.1) is 0 Å². The zero-order chi connectivity index (χ0) is 12.8. The first-order chi connectivity index (χ1) is 9.33. The molecule has 0 saturated heterocycles. The van der Waals surface area contributed by atoms with Gasteiger partial charge in [0.15, 0.2) is 11.5 Å². The molecule has 1 aliphatic rings. The highest BCUT2D eigenvalue weighted by Crippen LogP contribution is 2.42. The van der Waals surface area contributed by atoms with Gasteiger partial charge in [-0.15, -0.1) is 0 Å². The molecule has 2 heterocycles. The number of hydrogen-bond donors (Lipinski definition) is 0. The third-order valence-electron chi connectivity index (χ3n) is 3.42. The predicted molar refractivity (Wildman–Crippen MR) is 72.5 cm³/mol. The fourth-order valence-corrected chi connectivity index (χ4v) is 2.57. The molecular formula is C16H12O3. The van der Waals surface area contributed by atoms with Crippen molar-refractivity contribution in [2.75, 3.05) is 6.79 Å². The summed E-state index contributed by atoms with van der Waals surface area (Å²) in [5.74, 6) is 2.44. The van der Waals surface area contributed by atoms with E-state index in [9.17, 15) is 0 Å². The zero-order valence-electron chi connectivity index (χ0n) is 10.5. The number of aryl methyl sites for hydroxylation is 1. The molecule has 0 N–H and O–H groups in total. The van der Waals surface area contributed by atoms with Gasteiger partial charge in [-0.3, -0.25) is 0 Å². The molecule has 1 aromatic heterocycles. The summed E-state index contributed by atoms with van der Waals surface area (Å²) < 4.78 is 16.7. The van der Waals surface area contributed by atoms with Crippen LogP contribution in [0.1, 0.15) is 5.76 Å². The summed E-state index contributed by atoms with van der Waals surface area (Å²) in [4.78, 5) is 0. The van der Waals surface area contributed by atoms with Crippen LogP contribution in [-0.2, 0) is 0 Å². The van der Waals surface area contributed by atoms with Crippen LogP contribution in [0.2, 0.25) is 0 Å². The smallest absolute Gasteiger partial charge is 0.231 e. The van der Waals surface area contributed by atoms with Gasteiger partial charge < -0.3 is 13.9 Å². The van der Waals surface area contributed by atoms with Crippen molar-refractivity contribution in [3.05, 3.63) is 48.2 Å². The van der Waals surface area contributed by atoms with E-state index < -0.39 is 0 Å². The summed E-state index contributed by atoms with van der Waals surface area (Å²) in [6.45, 7) is 2.26. The van der Waals surface area contributed by atoms with Crippen molar-refractivity contribution in [3.63, 3.8) is 0 Å². The van der Waals surface area contributed by atoms with Crippen molar-refractivity contribution in [3.8, 4) is 22.6 Å². The molecule has 0 amide bonds. The molecule has 1 aliphatic heterocycles. The normalized spacial score (nSPS) is 13.1. The number of fused-ring (bicyclic) bond motifs is 2. The predicted octanol–water partition coefficient (Wildman–Crippen LogP) is 4.14. The van der Waals surface area contributed by atoms with Gasteiger partial charge in [-0.1, -0.05) is 30.3 Å². The Morgan fingerprint density at radius 2 is 1.68 bits per heavy atom. The molecule has 94 valence electrons. The second kappa shape index (κ2) is 3.79. The van der Waals surface area contributed by atoms with Crippen LogP contribution in [0.15, 0.2) is 46.9 Å². The first-order valence-corrected chi connectivity index (χ1v) is 6.21. The van der Waals surface area contributed by atoms with Crippen LogP contribution in [-0.4, -0.2) is 6.79 Å². The quantitative estimate of drug-likeness (QED) is 0.652. The average Bonchev–Trinajstić information content (AvgIpc) is 2.99. The maximum Gasteiger partial charge on any atom is 0.231 e. The lowest BCUT2D eigenvalue weighted by atomic mass is 10.0. The summed E-state index contributed by atoms with van der Waals surface area (Å²) in [6.07, 6.45) is 0. The van der Waals surface area contributed by atoms with Gasteiger partial charge in [-0.25, -0.2) is 0 Å². The fraction of sp³-hybridized carbons (Fsp3) is 0.125. The van der Waals surface area contributed by atoms with Crippen molar-refractivity contribution in [1.82, 2.24) is 0 Å².